The fraction of sp³-hybridized carbons (Fsp3) is 0.857. The molecule has 2 saturated heterocycles. The summed E-state index contributed by atoms with van der Waals surface area (Å²) >= 11 is 1.56. The molecule has 20 heavy (non-hydrogen) atoms. The summed E-state index contributed by atoms with van der Waals surface area (Å²) < 4.78 is 0. The molecule has 5 nitrogen and oxygen atoms in total. The van der Waals surface area contributed by atoms with Crippen LogP contribution in [0.25, 0.3) is 0 Å². The zero-order chi connectivity index (χ0) is 14.2. The summed E-state index contributed by atoms with van der Waals surface area (Å²) in [6, 6.07) is 0. The van der Waals surface area contributed by atoms with Gasteiger partial charge >= 0.3 is 0 Å². The van der Waals surface area contributed by atoms with Crippen molar-refractivity contribution in [3.05, 3.63) is 0 Å². The van der Waals surface area contributed by atoms with Crippen molar-refractivity contribution in [2.75, 3.05) is 31.3 Å². The molecule has 3 aliphatic rings. The lowest BCUT2D eigenvalue weighted by atomic mass is 9.71. The van der Waals surface area contributed by atoms with E-state index < -0.39 is 5.60 Å². The van der Waals surface area contributed by atoms with Gasteiger partial charge in [0.2, 0.25) is 11.8 Å². The van der Waals surface area contributed by atoms with Gasteiger partial charge in [-0.1, -0.05) is 12.8 Å². The SMILES string of the molecule is O=C1CSCN1CC(=O)N1CCC2(O)CCCCC2C1. The predicted molar refractivity (Wildman–Crippen MR) is 77.1 cm³/mol. The summed E-state index contributed by atoms with van der Waals surface area (Å²) in [5.41, 5.74) is -0.547. The van der Waals surface area contributed by atoms with Crippen molar-refractivity contribution in [2.24, 2.45) is 5.92 Å². The Balaban J connectivity index is 1.58. The summed E-state index contributed by atoms with van der Waals surface area (Å²) in [5, 5.41) is 10.6. The standard InChI is InChI=1S/C14H22N2O3S/c17-12(8-16-10-20-9-13(16)18)15-6-5-14(19)4-2-1-3-11(14)7-15/h11,19H,1-10H2. The van der Waals surface area contributed by atoms with Crippen LogP contribution < -0.4 is 0 Å². The van der Waals surface area contributed by atoms with E-state index in [-0.39, 0.29) is 24.3 Å². The Morgan fingerprint density at radius 1 is 1.40 bits per heavy atom. The molecule has 1 aliphatic carbocycles. The van der Waals surface area contributed by atoms with Gasteiger partial charge in [0.05, 0.1) is 17.2 Å². The maximum absolute atomic E-state index is 12.3. The lowest BCUT2D eigenvalue weighted by Gasteiger charge is -2.47. The lowest BCUT2D eigenvalue weighted by Crippen LogP contribution is -2.56. The van der Waals surface area contributed by atoms with E-state index in [1.54, 1.807) is 16.7 Å². The van der Waals surface area contributed by atoms with Gasteiger partial charge < -0.3 is 14.9 Å². The molecular weight excluding hydrogens is 276 g/mol. The van der Waals surface area contributed by atoms with Gasteiger partial charge in [0.25, 0.3) is 0 Å². The molecule has 2 aliphatic heterocycles. The van der Waals surface area contributed by atoms with Gasteiger partial charge in [-0.25, -0.2) is 0 Å². The number of thioether (sulfide) groups is 1. The highest BCUT2D eigenvalue weighted by atomic mass is 32.2. The van der Waals surface area contributed by atoms with E-state index in [2.05, 4.69) is 0 Å². The summed E-state index contributed by atoms with van der Waals surface area (Å²) in [6.45, 7) is 1.49. The van der Waals surface area contributed by atoms with Gasteiger partial charge in [-0.05, 0) is 19.3 Å². The minimum absolute atomic E-state index is 0.0356. The minimum Gasteiger partial charge on any atom is -0.389 e. The van der Waals surface area contributed by atoms with Crippen LogP contribution in [0, 0.1) is 5.92 Å². The van der Waals surface area contributed by atoms with E-state index in [9.17, 15) is 14.7 Å². The number of aliphatic hydroxyl groups is 1. The second-order valence-electron chi connectivity index (χ2n) is 6.21. The Hall–Kier alpha value is -0.750. The first kappa shape index (κ1) is 14.2. The molecule has 2 heterocycles. The molecule has 0 bridgehead atoms. The van der Waals surface area contributed by atoms with Gasteiger partial charge in [0.1, 0.15) is 6.54 Å². The molecule has 1 saturated carbocycles. The van der Waals surface area contributed by atoms with E-state index in [0.29, 0.717) is 31.1 Å². The fourth-order valence-electron chi connectivity index (χ4n) is 3.60. The molecule has 0 aromatic rings. The normalized spacial score (nSPS) is 34.2. The Kier molecular flexibility index (Phi) is 3.95. The van der Waals surface area contributed by atoms with Crippen molar-refractivity contribution in [3.8, 4) is 0 Å². The first-order valence-corrected chi connectivity index (χ1v) is 8.60. The predicted octanol–water partition coefficient (Wildman–Crippen LogP) is 0.673. The third kappa shape index (κ3) is 2.68. The molecule has 6 heteroatoms. The highest BCUT2D eigenvalue weighted by Crippen LogP contribution is 2.39. The number of carbonyl (C=O) groups is 2. The van der Waals surface area contributed by atoms with Crippen molar-refractivity contribution >= 4 is 23.6 Å². The third-order valence-corrected chi connectivity index (χ3v) is 5.88. The van der Waals surface area contributed by atoms with Crippen LogP contribution >= 0.6 is 11.8 Å². The van der Waals surface area contributed by atoms with E-state index in [1.165, 1.54) is 0 Å². The van der Waals surface area contributed by atoms with Crippen LogP contribution in [-0.2, 0) is 9.59 Å². The topological polar surface area (TPSA) is 60.9 Å². The maximum Gasteiger partial charge on any atom is 0.242 e. The Morgan fingerprint density at radius 3 is 3.00 bits per heavy atom. The van der Waals surface area contributed by atoms with Crippen LogP contribution in [0.3, 0.4) is 0 Å². The number of amides is 2. The first-order valence-electron chi connectivity index (χ1n) is 7.44. The average molecular weight is 298 g/mol. The van der Waals surface area contributed by atoms with Crippen molar-refractivity contribution in [2.45, 2.75) is 37.7 Å². The van der Waals surface area contributed by atoms with Gasteiger partial charge in [-0.3, -0.25) is 9.59 Å². The average Bonchev–Trinajstić information content (AvgIpc) is 2.83. The molecule has 0 aromatic heterocycles. The van der Waals surface area contributed by atoms with E-state index in [1.807, 2.05) is 4.90 Å². The van der Waals surface area contributed by atoms with Crippen molar-refractivity contribution < 1.29 is 14.7 Å². The minimum atomic E-state index is -0.547. The summed E-state index contributed by atoms with van der Waals surface area (Å²) in [6.07, 6.45) is 4.82. The Bertz CT molecular complexity index is 417. The summed E-state index contributed by atoms with van der Waals surface area (Å²) in [7, 11) is 0. The summed E-state index contributed by atoms with van der Waals surface area (Å²) in [5.74, 6) is 1.45. The van der Waals surface area contributed by atoms with Gasteiger partial charge in [0.15, 0.2) is 0 Å². The van der Waals surface area contributed by atoms with Crippen LogP contribution in [0.2, 0.25) is 0 Å². The number of hydrogen-bond acceptors (Lipinski definition) is 4. The zero-order valence-corrected chi connectivity index (χ0v) is 12.5. The molecular formula is C14H22N2O3S. The lowest BCUT2D eigenvalue weighted by molar-refractivity contribution is -0.147. The quantitative estimate of drug-likeness (QED) is 0.814. The van der Waals surface area contributed by atoms with Crippen LogP contribution in [0.5, 0.6) is 0 Å². The van der Waals surface area contributed by atoms with E-state index in [4.69, 9.17) is 0 Å². The number of nitrogens with zero attached hydrogens (tertiary/aromatic N) is 2. The molecule has 2 amide bonds. The maximum atomic E-state index is 12.3. The van der Waals surface area contributed by atoms with Crippen LogP contribution in [0.15, 0.2) is 0 Å². The van der Waals surface area contributed by atoms with Gasteiger partial charge in [0, 0.05) is 19.0 Å². The van der Waals surface area contributed by atoms with E-state index >= 15 is 0 Å². The molecule has 1 N–H and O–H groups in total. The highest BCUT2D eigenvalue weighted by molar-refractivity contribution is 8.00. The largest absolute Gasteiger partial charge is 0.389 e. The number of hydrogen-bond donors (Lipinski definition) is 1. The molecule has 0 aromatic carbocycles. The Morgan fingerprint density at radius 2 is 2.25 bits per heavy atom. The fourth-order valence-corrected chi connectivity index (χ4v) is 4.51. The molecule has 3 fully saturated rings. The Labute approximate surface area is 123 Å². The molecule has 0 spiro atoms. The van der Waals surface area contributed by atoms with Crippen LogP contribution in [-0.4, -0.2) is 63.6 Å². The van der Waals surface area contributed by atoms with Gasteiger partial charge in [-0.2, -0.15) is 0 Å². The number of fused-ring (bicyclic) bond motifs is 1. The monoisotopic (exact) mass is 298 g/mol. The summed E-state index contributed by atoms with van der Waals surface area (Å²) in [4.78, 5) is 27.4. The van der Waals surface area contributed by atoms with E-state index in [0.717, 1.165) is 25.7 Å². The number of carbonyl (C=O) groups excluding carboxylic acids is 2. The molecule has 3 rings (SSSR count). The number of piperidine rings is 1. The molecule has 2 atom stereocenters. The van der Waals surface area contributed by atoms with Crippen LogP contribution in [0.4, 0.5) is 0 Å². The second-order valence-corrected chi connectivity index (χ2v) is 7.16. The van der Waals surface area contributed by atoms with Crippen molar-refractivity contribution in [3.63, 3.8) is 0 Å². The third-order valence-electron chi connectivity index (χ3n) is 4.93. The molecule has 2 unspecified atom stereocenters. The number of rotatable bonds is 2. The van der Waals surface area contributed by atoms with Gasteiger partial charge in [-0.15, -0.1) is 11.8 Å². The second kappa shape index (κ2) is 5.56. The highest BCUT2D eigenvalue weighted by Gasteiger charge is 2.43. The number of likely N-dealkylation sites (tertiary alicyclic amines) is 1. The molecule has 0 radical (unpaired) electrons. The zero-order valence-electron chi connectivity index (χ0n) is 11.7. The van der Waals surface area contributed by atoms with Crippen LogP contribution in [0.1, 0.15) is 32.1 Å². The van der Waals surface area contributed by atoms with Crippen molar-refractivity contribution in [1.82, 2.24) is 9.80 Å². The molecule has 112 valence electrons. The first-order chi connectivity index (χ1) is 9.58. The van der Waals surface area contributed by atoms with Crippen molar-refractivity contribution in [1.29, 1.82) is 0 Å². The smallest absolute Gasteiger partial charge is 0.242 e.